The Balaban J connectivity index is 1.62. The molecule has 6 nitrogen and oxygen atoms in total. The smallest absolute Gasteiger partial charge is 0.242 e. The molecule has 142 valence electrons. The van der Waals surface area contributed by atoms with Gasteiger partial charge in [-0.25, -0.2) is 17.5 Å². The highest BCUT2D eigenvalue weighted by Crippen LogP contribution is 2.20. The average Bonchev–Trinajstić information content (AvgIpc) is 3.11. The average molecular weight is 389 g/mol. The molecule has 0 aliphatic carbocycles. The summed E-state index contributed by atoms with van der Waals surface area (Å²) < 4.78 is 44.7. The van der Waals surface area contributed by atoms with E-state index in [9.17, 15) is 12.8 Å². The van der Waals surface area contributed by atoms with Crippen molar-refractivity contribution in [2.75, 3.05) is 0 Å². The SMILES string of the molecule is CC(C)c1ccc(-c2noc(CNS(=O)(=O)Cc3ccc(F)cc3)n2)cc1. The topological polar surface area (TPSA) is 85.1 Å². The van der Waals surface area contributed by atoms with Crippen LogP contribution in [-0.2, 0) is 22.3 Å². The molecule has 27 heavy (non-hydrogen) atoms. The van der Waals surface area contributed by atoms with E-state index < -0.39 is 15.8 Å². The predicted octanol–water partition coefficient (Wildman–Crippen LogP) is 3.62. The van der Waals surface area contributed by atoms with Crippen LogP contribution in [0.25, 0.3) is 11.4 Å². The van der Waals surface area contributed by atoms with Gasteiger partial charge in [0.25, 0.3) is 0 Å². The molecule has 1 aromatic heterocycles. The third-order valence-electron chi connectivity index (χ3n) is 4.02. The molecule has 2 aromatic carbocycles. The molecule has 3 rings (SSSR count). The molecule has 0 fully saturated rings. The fourth-order valence-corrected chi connectivity index (χ4v) is 3.56. The van der Waals surface area contributed by atoms with E-state index in [0.29, 0.717) is 17.3 Å². The maximum Gasteiger partial charge on any atom is 0.242 e. The number of sulfonamides is 1. The molecule has 0 aliphatic heterocycles. The second-order valence-corrected chi connectivity index (χ2v) is 8.30. The minimum Gasteiger partial charge on any atom is -0.338 e. The Hall–Kier alpha value is -2.58. The first kappa shape index (κ1) is 19.2. The van der Waals surface area contributed by atoms with E-state index >= 15 is 0 Å². The Morgan fingerprint density at radius 1 is 1.07 bits per heavy atom. The number of nitrogens with one attached hydrogen (secondary N) is 1. The molecule has 0 aliphatic rings. The number of hydrogen-bond acceptors (Lipinski definition) is 5. The van der Waals surface area contributed by atoms with Crippen molar-refractivity contribution in [1.82, 2.24) is 14.9 Å². The Bertz CT molecular complexity index is 997. The normalized spacial score (nSPS) is 11.9. The number of nitrogens with zero attached hydrogens (tertiary/aromatic N) is 2. The van der Waals surface area contributed by atoms with Crippen LogP contribution in [0.2, 0.25) is 0 Å². The van der Waals surface area contributed by atoms with Crippen LogP contribution >= 0.6 is 0 Å². The van der Waals surface area contributed by atoms with Crippen LogP contribution < -0.4 is 4.72 Å². The van der Waals surface area contributed by atoms with Crippen LogP contribution in [0.1, 0.15) is 36.8 Å². The molecule has 8 heteroatoms. The Labute approximate surface area is 157 Å². The molecule has 0 spiro atoms. The van der Waals surface area contributed by atoms with Crippen molar-refractivity contribution in [3.05, 3.63) is 71.4 Å². The number of hydrogen-bond donors (Lipinski definition) is 1. The number of rotatable bonds is 7. The summed E-state index contributed by atoms with van der Waals surface area (Å²) in [5.41, 5.74) is 2.49. The van der Waals surface area contributed by atoms with E-state index in [1.807, 2.05) is 24.3 Å². The van der Waals surface area contributed by atoms with E-state index in [1.165, 1.54) is 29.8 Å². The largest absolute Gasteiger partial charge is 0.338 e. The third kappa shape index (κ3) is 5.21. The van der Waals surface area contributed by atoms with Gasteiger partial charge in [-0.2, -0.15) is 4.98 Å². The zero-order chi connectivity index (χ0) is 19.4. The van der Waals surface area contributed by atoms with Gasteiger partial charge in [-0.15, -0.1) is 0 Å². The highest BCUT2D eigenvalue weighted by atomic mass is 32.2. The number of halogens is 1. The molecule has 0 atom stereocenters. The van der Waals surface area contributed by atoms with Crippen molar-refractivity contribution < 1.29 is 17.3 Å². The second-order valence-electron chi connectivity index (χ2n) is 6.50. The summed E-state index contributed by atoms with van der Waals surface area (Å²) >= 11 is 0. The molecular weight excluding hydrogens is 369 g/mol. The van der Waals surface area contributed by atoms with Crippen LogP contribution in [0.15, 0.2) is 53.1 Å². The van der Waals surface area contributed by atoms with Crippen LogP contribution in [-0.4, -0.2) is 18.6 Å². The van der Waals surface area contributed by atoms with E-state index in [-0.39, 0.29) is 18.2 Å². The predicted molar refractivity (Wildman–Crippen MR) is 99.7 cm³/mol. The van der Waals surface area contributed by atoms with Gasteiger partial charge in [-0.1, -0.05) is 55.4 Å². The second kappa shape index (κ2) is 7.98. The highest BCUT2D eigenvalue weighted by molar-refractivity contribution is 7.88. The van der Waals surface area contributed by atoms with E-state index in [0.717, 1.165) is 5.56 Å². The van der Waals surface area contributed by atoms with Crippen LogP contribution in [0.4, 0.5) is 4.39 Å². The van der Waals surface area contributed by atoms with Gasteiger partial charge in [-0.3, -0.25) is 0 Å². The molecule has 3 aromatic rings. The lowest BCUT2D eigenvalue weighted by Gasteiger charge is -2.05. The summed E-state index contributed by atoms with van der Waals surface area (Å²) in [6.45, 7) is 4.11. The number of benzene rings is 2. The first-order valence-corrected chi connectivity index (χ1v) is 10.1. The summed E-state index contributed by atoms with van der Waals surface area (Å²) in [7, 11) is -3.62. The van der Waals surface area contributed by atoms with E-state index in [2.05, 4.69) is 28.7 Å². The standard InChI is InChI=1S/C19H20FN3O3S/c1-13(2)15-5-7-16(8-6-15)19-22-18(26-23-19)11-21-27(24,25)12-14-3-9-17(20)10-4-14/h3-10,13,21H,11-12H2,1-2H3. The van der Waals surface area contributed by atoms with Gasteiger partial charge in [0.05, 0.1) is 12.3 Å². The van der Waals surface area contributed by atoms with Crippen LogP contribution in [0.5, 0.6) is 0 Å². The zero-order valence-corrected chi connectivity index (χ0v) is 15.8. The maximum atomic E-state index is 12.9. The lowest BCUT2D eigenvalue weighted by Crippen LogP contribution is -2.24. The van der Waals surface area contributed by atoms with Crippen LogP contribution in [0.3, 0.4) is 0 Å². The molecular formula is C19H20FN3O3S. The molecule has 0 saturated carbocycles. The van der Waals surface area contributed by atoms with Crippen molar-refractivity contribution in [1.29, 1.82) is 0 Å². The fourth-order valence-electron chi connectivity index (χ4n) is 2.48. The molecule has 1 heterocycles. The molecule has 0 bridgehead atoms. The van der Waals surface area contributed by atoms with Crippen molar-refractivity contribution >= 4 is 10.0 Å². The van der Waals surface area contributed by atoms with Gasteiger partial charge in [-0.05, 0) is 29.2 Å². The summed E-state index contributed by atoms with van der Waals surface area (Å²) in [6, 6.07) is 13.1. The van der Waals surface area contributed by atoms with Gasteiger partial charge in [0.2, 0.25) is 21.7 Å². The minimum absolute atomic E-state index is 0.111. The summed E-state index contributed by atoms with van der Waals surface area (Å²) in [6.07, 6.45) is 0. The summed E-state index contributed by atoms with van der Waals surface area (Å²) in [4.78, 5) is 4.22. The Kier molecular flexibility index (Phi) is 5.67. The summed E-state index contributed by atoms with van der Waals surface area (Å²) in [5.74, 6) is 0.322. The van der Waals surface area contributed by atoms with Gasteiger partial charge >= 0.3 is 0 Å². The monoisotopic (exact) mass is 389 g/mol. The first-order valence-electron chi connectivity index (χ1n) is 8.47. The van der Waals surface area contributed by atoms with Gasteiger partial charge in [0, 0.05) is 5.56 Å². The van der Waals surface area contributed by atoms with Crippen LogP contribution in [0, 0.1) is 5.82 Å². The quantitative estimate of drug-likeness (QED) is 0.667. The highest BCUT2D eigenvalue weighted by Gasteiger charge is 2.15. The van der Waals surface area contributed by atoms with Gasteiger partial charge < -0.3 is 4.52 Å². The first-order chi connectivity index (χ1) is 12.8. The minimum atomic E-state index is -3.62. The van der Waals surface area contributed by atoms with Crippen molar-refractivity contribution in [3.8, 4) is 11.4 Å². The lowest BCUT2D eigenvalue weighted by atomic mass is 10.0. The van der Waals surface area contributed by atoms with Crippen molar-refractivity contribution in [2.45, 2.75) is 32.1 Å². The van der Waals surface area contributed by atoms with E-state index in [1.54, 1.807) is 0 Å². The fraction of sp³-hybridized carbons (Fsp3) is 0.263. The Morgan fingerprint density at radius 3 is 2.37 bits per heavy atom. The molecule has 0 amide bonds. The van der Waals surface area contributed by atoms with Crippen molar-refractivity contribution in [2.24, 2.45) is 0 Å². The Morgan fingerprint density at radius 2 is 1.74 bits per heavy atom. The van der Waals surface area contributed by atoms with Gasteiger partial charge in [0.15, 0.2) is 0 Å². The molecule has 1 N–H and O–H groups in total. The van der Waals surface area contributed by atoms with Gasteiger partial charge in [0.1, 0.15) is 5.82 Å². The summed E-state index contributed by atoms with van der Waals surface area (Å²) in [5, 5.41) is 3.89. The number of aromatic nitrogens is 2. The molecule has 0 unspecified atom stereocenters. The molecule has 0 radical (unpaired) electrons. The molecule has 0 saturated heterocycles. The zero-order valence-electron chi connectivity index (χ0n) is 15.0. The maximum absolute atomic E-state index is 12.9. The third-order valence-corrected chi connectivity index (χ3v) is 5.31. The van der Waals surface area contributed by atoms with E-state index in [4.69, 9.17) is 4.52 Å². The lowest BCUT2D eigenvalue weighted by molar-refractivity contribution is 0.376. The van der Waals surface area contributed by atoms with Crippen molar-refractivity contribution in [3.63, 3.8) is 0 Å².